The van der Waals surface area contributed by atoms with Crippen LogP contribution < -0.4 is 10.1 Å². The summed E-state index contributed by atoms with van der Waals surface area (Å²) in [6, 6.07) is 18.3. The lowest BCUT2D eigenvalue weighted by Crippen LogP contribution is -2.11. The highest BCUT2D eigenvalue weighted by Crippen LogP contribution is 2.19. The van der Waals surface area contributed by atoms with Gasteiger partial charge in [-0.15, -0.1) is 0 Å². The van der Waals surface area contributed by atoms with Crippen LogP contribution in [0.25, 0.3) is 0 Å². The molecule has 0 heterocycles. The summed E-state index contributed by atoms with van der Waals surface area (Å²) in [4.78, 5) is 12.1. The van der Waals surface area contributed by atoms with Crippen molar-refractivity contribution in [1.29, 1.82) is 0 Å². The van der Waals surface area contributed by atoms with Crippen molar-refractivity contribution in [3.05, 3.63) is 95.6 Å². The summed E-state index contributed by atoms with van der Waals surface area (Å²) in [5.74, 6) is -0.459. The fourth-order valence-electron chi connectivity index (χ4n) is 2.22. The Morgan fingerprint density at radius 1 is 0.880 bits per heavy atom. The number of benzene rings is 3. The molecule has 5 heteroatoms. The molecule has 3 aromatic rings. The molecule has 0 aromatic heterocycles. The van der Waals surface area contributed by atoms with E-state index in [-0.39, 0.29) is 18.3 Å². The summed E-state index contributed by atoms with van der Waals surface area (Å²) >= 11 is 0. The lowest BCUT2D eigenvalue weighted by atomic mass is 10.2. The van der Waals surface area contributed by atoms with Crippen molar-refractivity contribution in [2.75, 3.05) is 5.32 Å². The highest BCUT2D eigenvalue weighted by atomic mass is 19.1. The summed E-state index contributed by atoms with van der Waals surface area (Å²) in [5.41, 5.74) is 1.76. The van der Waals surface area contributed by atoms with Crippen molar-refractivity contribution in [2.24, 2.45) is 0 Å². The number of rotatable bonds is 5. The van der Waals surface area contributed by atoms with E-state index in [4.69, 9.17) is 4.74 Å². The molecule has 1 N–H and O–H groups in total. The Morgan fingerprint density at radius 3 is 2.20 bits per heavy atom. The number of ether oxygens (including phenoxy) is 1. The Kier molecular flexibility index (Phi) is 5.04. The Hall–Kier alpha value is -3.21. The fraction of sp³-hybridized carbons (Fsp3) is 0.0500. The summed E-state index contributed by atoms with van der Waals surface area (Å²) in [6.07, 6.45) is 0. The van der Waals surface area contributed by atoms with Gasteiger partial charge in [0.15, 0.2) is 0 Å². The van der Waals surface area contributed by atoms with E-state index in [0.717, 1.165) is 5.56 Å². The van der Waals surface area contributed by atoms with Gasteiger partial charge in [-0.2, -0.15) is 0 Å². The molecule has 25 heavy (non-hydrogen) atoms. The van der Waals surface area contributed by atoms with E-state index in [2.05, 4.69) is 5.32 Å². The van der Waals surface area contributed by atoms with E-state index in [0.29, 0.717) is 17.0 Å². The maximum atomic E-state index is 12.9. The Balaban J connectivity index is 1.63. The molecular weight excluding hydrogens is 324 g/mol. The van der Waals surface area contributed by atoms with Gasteiger partial charge < -0.3 is 10.1 Å². The van der Waals surface area contributed by atoms with Crippen LogP contribution in [0.3, 0.4) is 0 Å². The van der Waals surface area contributed by atoms with Crippen molar-refractivity contribution in [2.45, 2.75) is 6.61 Å². The first-order valence-corrected chi connectivity index (χ1v) is 7.64. The Bertz CT molecular complexity index is 862. The molecular formula is C20H15F2NO2. The van der Waals surface area contributed by atoms with Crippen molar-refractivity contribution in [3.63, 3.8) is 0 Å². The lowest BCUT2D eigenvalue weighted by molar-refractivity contribution is 0.102. The van der Waals surface area contributed by atoms with E-state index >= 15 is 0 Å². The highest BCUT2D eigenvalue weighted by Gasteiger charge is 2.07. The van der Waals surface area contributed by atoms with Gasteiger partial charge in [0.05, 0.1) is 0 Å². The molecule has 0 saturated heterocycles. The molecule has 0 unspecified atom stereocenters. The number of nitrogens with one attached hydrogen (secondary N) is 1. The molecule has 0 spiro atoms. The van der Waals surface area contributed by atoms with Crippen LogP contribution in [0, 0.1) is 11.6 Å². The van der Waals surface area contributed by atoms with Crippen molar-refractivity contribution >= 4 is 11.6 Å². The second-order valence-electron chi connectivity index (χ2n) is 5.40. The quantitative estimate of drug-likeness (QED) is 0.725. The van der Waals surface area contributed by atoms with Crippen LogP contribution in [-0.4, -0.2) is 5.91 Å². The van der Waals surface area contributed by atoms with Gasteiger partial charge in [-0.25, -0.2) is 8.78 Å². The van der Waals surface area contributed by atoms with Gasteiger partial charge in [0.2, 0.25) is 0 Å². The number of amides is 1. The van der Waals surface area contributed by atoms with Crippen LogP contribution in [0.1, 0.15) is 15.9 Å². The molecule has 126 valence electrons. The maximum Gasteiger partial charge on any atom is 0.255 e. The zero-order valence-corrected chi connectivity index (χ0v) is 13.2. The molecule has 1 amide bonds. The third kappa shape index (κ3) is 4.64. The minimum absolute atomic E-state index is 0.287. The van der Waals surface area contributed by atoms with E-state index in [1.165, 1.54) is 36.4 Å². The first-order valence-electron chi connectivity index (χ1n) is 7.64. The normalized spacial score (nSPS) is 10.3. The van der Waals surface area contributed by atoms with Crippen LogP contribution in [0.15, 0.2) is 72.8 Å². The molecule has 0 aliphatic carbocycles. The van der Waals surface area contributed by atoms with Crippen molar-refractivity contribution < 1.29 is 18.3 Å². The van der Waals surface area contributed by atoms with E-state index in [9.17, 15) is 13.6 Å². The van der Waals surface area contributed by atoms with Crippen LogP contribution in [-0.2, 0) is 6.61 Å². The van der Waals surface area contributed by atoms with Gasteiger partial charge in [-0.1, -0.05) is 18.2 Å². The minimum Gasteiger partial charge on any atom is -0.489 e. The molecule has 0 radical (unpaired) electrons. The SMILES string of the molecule is O=C(Nc1cccc(OCc2ccc(F)cc2)c1)c1ccc(F)cc1. The number of hydrogen-bond acceptors (Lipinski definition) is 2. The van der Waals surface area contributed by atoms with E-state index in [1.54, 1.807) is 36.4 Å². The molecule has 0 aliphatic heterocycles. The number of halogens is 2. The first-order chi connectivity index (χ1) is 12.1. The standard InChI is InChI=1S/C20H15F2NO2/c21-16-8-4-14(5-9-16)13-25-19-3-1-2-18(12-19)23-20(24)15-6-10-17(22)11-7-15/h1-12H,13H2,(H,23,24). The fourth-order valence-corrected chi connectivity index (χ4v) is 2.22. The smallest absolute Gasteiger partial charge is 0.255 e. The summed E-state index contributed by atoms with van der Waals surface area (Å²) < 4.78 is 31.4. The minimum atomic E-state index is -0.396. The highest BCUT2D eigenvalue weighted by molar-refractivity contribution is 6.04. The molecule has 0 aliphatic rings. The average molecular weight is 339 g/mol. The van der Waals surface area contributed by atoms with Crippen molar-refractivity contribution in [1.82, 2.24) is 0 Å². The third-order valence-corrected chi connectivity index (χ3v) is 3.52. The monoisotopic (exact) mass is 339 g/mol. The molecule has 0 atom stereocenters. The summed E-state index contributed by atoms with van der Waals surface area (Å²) in [6.45, 7) is 0.287. The molecule has 3 rings (SSSR count). The van der Waals surface area contributed by atoms with Gasteiger partial charge in [0.1, 0.15) is 24.0 Å². The number of carbonyl (C=O) groups is 1. The number of carbonyl (C=O) groups excluding carboxylic acids is 1. The van der Waals surface area contributed by atoms with Crippen LogP contribution >= 0.6 is 0 Å². The third-order valence-electron chi connectivity index (χ3n) is 3.52. The second kappa shape index (κ2) is 7.57. The molecule has 3 aromatic carbocycles. The molecule has 0 saturated carbocycles. The van der Waals surface area contributed by atoms with Gasteiger partial charge in [0.25, 0.3) is 5.91 Å². The predicted molar refractivity (Wildman–Crippen MR) is 91.5 cm³/mol. The average Bonchev–Trinajstić information content (AvgIpc) is 2.62. The summed E-state index contributed by atoms with van der Waals surface area (Å²) in [5, 5.41) is 2.73. The number of hydrogen-bond donors (Lipinski definition) is 1. The van der Waals surface area contributed by atoms with Crippen molar-refractivity contribution in [3.8, 4) is 5.75 Å². The lowest BCUT2D eigenvalue weighted by Gasteiger charge is -2.09. The first kappa shape index (κ1) is 16.6. The van der Waals surface area contributed by atoms with Crippen LogP contribution in [0.5, 0.6) is 5.75 Å². The van der Waals surface area contributed by atoms with Crippen LogP contribution in [0.2, 0.25) is 0 Å². The van der Waals surface area contributed by atoms with Gasteiger partial charge in [-0.3, -0.25) is 4.79 Å². The largest absolute Gasteiger partial charge is 0.489 e. The summed E-state index contributed by atoms with van der Waals surface area (Å²) in [7, 11) is 0. The molecule has 3 nitrogen and oxygen atoms in total. The van der Waals surface area contributed by atoms with Crippen LogP contribution in [0.4, 0.5) is 14.5 Å². The molecule has 0 fully saturated rings. The van der Waals surface area contributed by atoms with Gasteiger partial charge in [-0.05, 0) is 54.1 Å². The van der Waals surface area contributed by atoms with E-state index in [1.807, 2.05) is 0 Å². The Morgan fingerprint density at radius 2 is 1.52 bits per heavy atom. The van der Waals surface area contributed by atoms with Gasteiger partial charge in [0, 0.05) is 17.3 Å². The zero-order valence-electron chi connectivity index (χ0n) is 13.2. The van der Waals surface area contributed by atoms with E-state index < -0.39 is 5.82 Å². The zero-order chi connectivity index (χ0) is 17.6. The molecule has 0 bridgehead atoms. The maximum absolute atomic E-state index is 12.9. The Labute approximate surface area is 143 Å². The number of anilines is 1. The van der Waals surface area contributed by atoms with Gasteiger partial charge >= 0.3 is 0 Å². The topological polar surface area (TPSA) is 38.3 Å². The second-order valence-corrected chi connectivity index (χ2v) is 5.40. The predicted octanol–water partition coefficient (Wildman–Crippen LogP) is 4.80.